The molecule has 2 N–H and O–H groups in total. The zero-order valence-corrected chi connectivity index (χ0v) is 14.1. The number of carbonyl (C=O) groups is 1. The minimum atomic E-state index is -4.36. The maximum atomic E-state index is 13.7. The fourth-order valence-corrected chi connectivity index (χ4v) is 3.10. The van der Waals surface area contributed by atoms with E-state index in [0.29, 0.717) is 6.07 Å². The summed E-state index contributed by atoms with van der Waals surface area (Å²) in [4.78, 5) is 21.0. The van der Waals surface area contributed by atoms with E-state index in [2.05, 4.69) is 0 Å². The SMILES string of the molecule is CCOC(=O)c1cc(F)cc(S(=O)(=O)Nc2ccc(O)c([N+](=O)[O-])c2)c1. The summed E-state index contributed by atoms with van der Waals surface area (Å²) in [5.74, 6) is -2.52. The van der Waals surface area contributed by atoms with Crippen molar-refractivity contribution in [2.45, 2.75) is 11.8 Å². The third-order valence-corrected chi connectivity index (χ3v) is 4.48. The highest BCUT2D eigenvalue weighted by molar-refractivity contribution is 7.92. The van der Waals surface area contributed by atoms with E-state index in [-0.39, 0.29) is 17.9 Å². The number of sulfonamides is 1. The summed E-state index contributed by atoms with van der Waals surface area (Å²) in [5.41, 5.74) is -1.24. The van der Waals surface area contributed by atoms with E-state index in [0.717, 1.165) is 30.3 Å². The topological polar surface area (TPSA) is 136 Å². The van der Waals surface area contributed by atoms with Crippen molar-refractivity contribution in [2.75, 3.05) is 11.3 Å². The Labute approximate surface area is 147 Å². The van der Waals surface area contributed by atoms with Crippen LogP contribution in [0.1, 0.15) is 17.3 Å². The van der Waals surface area contributed by atoms with Gasteiger partial charge >= 0.3 is 11.7 Å². The Kier molecular flexibility index (Phi) is 5.41. The van der Waals surface area contributed by atoms with Gasteiger partial charge in [0.05, 0.1) is 27.7 Å². The predicted molar refractivity (Wildman–Crippen MR) is 87.9 cm³/mol. The Balaban J connectivity index is 2.41. The van der Waals surface area contributed by atoms with Crippen LogP contribution in [0.4, 0.5) is 15.8 Å². The smallest absolute Gasteiger partial charge is 0.338 e. The average Bonchev–Trinajstić information content (AvgIpc) is 2.55. The molecule has 11 heteroatoms. The Morgan fingerprint density at radius 1 is 1.31 bits per heavy atom. The lowest BCUT2D eigenvalue weighted by Crippen LogP contribution is -2.15. The van der Waals surface area contributed by atoms with Crippen LogP contribution in [-0.2, 0) is 14.8 Å². The summed E-state index contributed by atoms with van der Waals surface area (Å²) < 4.78 is 45.2. The van der Waals surface area contributed by atoms with Gasteiger partial charge in [-0.1, -0.05) is 0 Å². The minimum Gasteiger partial charge on any atom is -0.502 e. The third-order valence-electron chi connectivity index (χ3n) is 3.12. The van der Waals surface area contributed by atoms with Crippen LogP contribution < -0.4 is 4.72 Å². The number of rotatable bonds is 6. The molecule has 0 aliphatic carbocycles. The number of benzene rings is 2. The molecular weight excluding hydrogens is 371 g/mol. The molecule has 0 spiro atoms. The lowest BCUT2D eigenvalue weighted by Gasteiger charge is -2.10. The molecule has 0 saturated carbocycles. The number of hydrogen-bond acceptors (Lipinski definition) is 7. The first-order valence-corrected chi connectivity index (χ1v) is 8.60. The van der Waals surface area contributed by atoms with Crippen molar-refractivity contribution in [3.8, 4) is 5.75 Å². The number of esters is 1. The number of phenolic OH excluding ortho intramolecular Hbond substituents is 1. The van der Waals surface area contributed by atoms with E-state index in [9.17, 15) is 32.8 Å². The summed E-state index contributed by atoms with van der Waals surface area (Å²) in [6.07, 6.45) is 0. The monoisotopic (exact) mass is 384 g/mol. The van der Waals surface area contributed by atoms with E-state index < -0.39 is 43.1 Å². The first-order valence-electron chi connectivity index (χ1n) is 7.12. The van der Waals surface area contributed by atoms with E-state index in [1.54, 1.807) is 0 Å². The van der Waals surface area contributed by atoms with Crippen molar-refractivity contribution in [1.82, 2.24) is 0 Å². The Bertz CT molecular complexity index is 976. The second-order valence-corrected chi connectivity index (χ2v) is 6.64. The normalized spacial score (nSPS) is 11.0. The van der Waals surface area contributed by atoms with Crippen LogP contribution in [0.15, 0.2) is 41.3 Å². The zero-order chi connectivity index (χ0) is 19.5. The maximum Gasteiger partial charge on any atom is 0.338 e. The standard InChI is InChI=1S/C15H13FN2O7S/c1-2-25-15(20)9-5-10(16)7-12(6-9)26(23,24)17-11-3-4-14(19)13(8-11)18(21)22/h3-8,17,19H,2H2,1H3. The number of halogens is 1. The van der Waals surface area contributed by atoms with Crippen LogP contribution in [-0.4, -0.2) is 31.0 Å². The second kappa shape index (κ2) is 7.35. The molecule has 0 aliphatic rings. The van der Waals surface area contributed by atoms with Crippen molar-refractivity contribution in [3.05, 3.63) is 57.9 Å². The van der Waals surface area contributed by atoms with E-state index in [1.165, 1.54) is 6.92 Å². The van der Waals surface area contributed by atoms with Crippen molar-refractivity contribution in [1.29, 1.82) is 0 Å². The molecule has 138 valence electrons. The fourth-order valence-electron chi connectivity index (χ4n) is 2.00. The fraction of sp³-hybridized carbons (Fsp3) is 0.133. The molecule has 0 heterocycles. The van der Waals surface area contributed by atoms with Crippen LogP contribution in [0.25, 0.3) is 0 Å². The van der Waals surface area contributed by atoms with Crippen LogP contribution in [0.5, 0.6) is 5.75 Å². The van der Waals surface area contributed by atoms with Gasteiger partial charge in [-0.15, -0.1) is 0 Å². The molecule has 2 rings (SSSR count). The van der Waals surface area contributed by atoms with Crippen LogP contribution in [0.2, 0.25) is 0 Å². The van der Waals surface area contributed by atoms with Crippen molar-refractivity contribution < 1.29 is 32.4 Å². The highest BCUT2D eigenvalue weighted by Crippen LogP contribution is 2.29. The van der Waals surface area contributed by atoms with Crippen molar-refractivity contribution in [3.63, 3.8) is 0 Å². The Hall–Kier alpha value is -3.21. The summed E-state index contributed by atoms with van der Waals surface area (Å²) >= 11 is 0. The highest BCUT2D eigenvalue weighted by Gasteiger charge is 2.21. The van der Waals surface area contributed by atoms with E-state index in [4.69, 9.17) is 4.74 Å². The van der Waals surface area contributed by atoms with Gasteiger partial charge in [-0.25, -0.2) is 17.6 Å². The average molecular weight is 384 g/mol. The number of anilines is 1. The molecule has 0 fully saturated rings. The van der Waals surface area contributed by atoms with Gasteiger partial charge in [0.25, 0.3) is 10.0 Å². The van der Waals surface area contributed by atoms with Crippen molar-refractivity contribution >= 4 is 27.4 Å². The van der Waals surface area contributed by atoms with Crippen LogP contribution in [0, 0.1) is 15.9 Å². The summed E-state index contributed by atoms with van der Waals surface area (Å²) in [5, 5.41) is 20.2. The highest BCUT2D eigenvalue weighted by atomic mass is 32.2. The number of carbonyl (C=O) groups excluding carboxylic acids is 1. The largest absolute Gasteiger partial charge is 0.502 e. The number of nitro groups is 1. The molecular formula is C15H13FN2O7S. The van der Waals surface area contributed by atoms with Gasteiger partial charge in [-0.3, -0.25) is 14.8 Å². The molecule has 0 saturated heterocycles. The minimum absolute atomic E-state index is 0.0207. The van der Waals surface area contributed by atoms with Gasteiger partial charge in [-0.05, 0) is 37.3 Å². The molecule has 0 radical (unpaired) electrons. The molecule has 26 heavy (non-hydrogen) atoms. The molecule has 0 aliphatic heterocycles. The molecule has 2 aromatic rings. The lowest BCUT2D eigenvalue weighted by atomic mass is 10.2. The molecule has 0 unspecified atom stereocenters. The van der Waals surface area contributed by atoms with Gasteiger partial charge in [0.1, 0.15) is 5.82 Å². The number of hydrogen-bond donors (Lipinski definition) is 2. The van der Waals surface area contributed by atoms with Crippen molar-refractivity contribution in [2.24, 2.45) is 0 Å². The zero-order valence-electron chi connectivity index (χ0n) is 13.3. The summed E-state index contributed by atoms with van der Waals surface area (Å²) in [6.45, 7) is 1.56. The Morgan fingerprint density at radius 2 is 2.00 bits per heavy atom. The van der Waals surface area contributed by atoms with Crippen LogP contribution >= 0.6 is 0 Å². The van der Waals surface area contributed by atoms with Gasteiger partial charge in [0, 0.05) is 6.07 Å². The maximum absolute atomic E-state index is 13.7. The first kappa shape index (κ1) is 19.1. The number of ether oxygens (including phenoxy) is 1. The summed E-state index contributed by atoms with van der Waals surface area (Å²) in [7, 11) is -4.36. The predicted octanol–water partition coefficient (Wildman–Crippen LogP) is 2.42. The molecule has 2 aromatic carbocycles. The number of phenols is 1. The summed E-state index contributed by atoms with van der Waals surface area (Å²) in [6, 6.07) is 5.25. The van der Waals surface area contributed by atoms with E-state index in [1.807, 2.05) is 4.72 Å². The molecule has 0 bridgehead atoms. The number of nitrogens with zero attached hydrogens (tertiary/aromatic N) is 1. The Morgan fingerprint density at radius 3 is 2.62 bits per heavy atom. The quantitative estimate of drug-likeness (QED) is 0.338. The van der Waals surface area contributed by atoms with E-state index >= 15 is 0 Å². The van der Waals surface area contributed by atoms with Gasteiger partial charge in [0.2, 0.25) is 0 Å². The molecule has 0 aromatic heterocycles. The van der Waals surface area contributed by atoms with Gasteiger partial charge in [-0.2, -0.15) is 0 Å². The number of nitro benzene ring substituents is 1. The van der Waals surface area contributed by atoms with Gasteiger partial charge in [0.15, 0.2) is 5.75 Å². The number of aromatic hydroxyl groups is 1. The molecule has 0 amide bonds. The second-order valence-electron chi connectivity index (χ2n) is 4.96. The third kappa shape index (κ3) is 4.25. The molecule has 9 nitrogen and oxygen atoms in total. The molecule has 0 atom stereocenters. The number of nitrogens with one attached hydrogen (secondary N) is 1. The van der Waals surface area contributed by atoms with Crippen LogP contribution in [0.3, 0.4) is 0 Å². The van der Waals surface area contributed by atoms with Gasteiger partial charge < -0.3 is 9.84 Å². The first-order chi connectivity index (χ1) is 12.1. The lowest BCUT2D eigenvalue weighted by molar-refractivity contribution is -0.385.